The number of para-hydroxylation sites is 1. The number of aromatic nitrogens is 1. The number of hydrogen-bond acceptors (Lipinski definition) is 5. The van der Waals surface area contributed by atoms with Crippen LogP contribution < -0.4 is 15.0 Å². The molecule has 2 amide bonds. The Balaban J connectivity index is 1.41. The molecule has 30 heavy (non-hydrogen) atoms. The Labute approximate surface area is 179 Å². The standard InChI is InChI=1S/C23H23N3O3S/c1-23(2)17-13-15(9-10-19(17)26(3)21(23)28)18-14-30-22(24-18)25-20(27)11-12-29-16-7-5-4-6-8-16/h4-10,13-14H,11-12H2,1-3H3,(H,24,25,27). The number of fused-ring (bicyclic) bond motifs is 1. The molecule has 0 saturated heterocycles. The molecule has 0 saturated carbocycles. The Morgan fingerprint density at radius 1 is 1.20 bits per heavy atom. The summed E-state index contributed by atoms with van der Waals surface area (Å²) in [6.45, 7) is 4.17. The highest BCUT2D eigenvalue weighted by Gasteiger charge is 2.42. The van der Waals surface area contributed by atoms with Crippen molar-refractivity contribution in [3.63, 3.8) is 0 Å². The van der Waals surface area contributed by atoms with Gasteiger partial charge in [0.25, 0.3) is 0 Å². The summed E-state index contributed by atoms with van der Waals surface area (Å²) >= 11 is 1.38. The first-order chi connectivity index (χ1) is 14.4. The van der Waals surface area contributed by atoms with Gasteiger partial charge in [-0.05, 0) is 43.7 Å². The lowest BCUT2D eigenvalue weighted by Gasteiger charge is -2.16. The van der Waals surface area contributed by atoms with Gasteiger partial charge in [-0.2, -0.15) is 0 Å². The molecule has 1 aromatic heterocycles. The number of hydrogen-bond donors (Lipinski definition) is 1. The molecule has 0 atom stereocenters. The number of ether oxygens (including phenoxy) is 1. The minimum absolute atomic E-state index is 0.0820. The van der Waals surface area contributed by atoms with Gasteiger partial charge in [0, 0.05) is 23.7 Å². The summed E-state index contributed by atoms with van der Waals surface area (Å²) in [7, 11) is 1.80. The highest BCUT2D eigenvalue weighted by Crippen LogP contribution is 2.42. The summed E-state index contributed by atoms with van der Waals surface area (Å²) in [5, 5.41) is 5.28. The zero-order valence-electron chi connectivity index (χ0n) is 17.1. The van der Waals surface area contributed by atoms with E-state index in [0.717, 1.165) is 28.3 Å². The summed E-state index contributed by atoms with van der Waals surface area (Å²) in [5.74, 6) is 0.679. The molecule has 0 unspecified atom stereocenters. The molecule has 1 aliphatic rings. The number of thiazole rings is 1. The predicted molar refractivity (Wildman–Crippen MR) is 119 cm³/mol. The zero-order chi connectivity index (χ0) is 21.3. The average Bonchev–Trinajstić information content (AvgIpc) is 3.27. The molecule has 3 aromatic rings. The molecule has 1 aliphatic heterocycles. The zero-order valence-corrected chi connectivity index (χ0v) is 18.0. The van der Waals surface area contributed by atoms with Crippen molar-refractivity contribution in [1.29, 1.82) is 0 Å². The molecular formula is C23H23N3O3S. The summed E-state index contributed by atoms with van der Waals surface area (Å²) < 4.78 is 5.56. The summed E-state index contributed by atoms with van der Waals surface area (Å²) in [6, 6.07) is 15.3. The summed E-state index contributed by atoms with van der Waals surface area (Å²) in [6.07, 6.45) is 0.241. The van der Waals surface area contributed by atoms with Gasteiger partial charge in [0.1, 0.15) is 5.75 Å². The third-order valence-electron chi connectivity index (χ3n) is 5.26. The fourth-order valence-electron chi connectivity index (χ4n) is 3.56. The molecule has 0 aliphatic carbocycles. The van der Waals surface area contributed by atoms with Crippen LogP contribution in [0, 0.1) is 0 Å². The van der Waals surface area contributed by atoms with Crippen LogP contribution in [0.15, 0.2) is 53.9 Å². The van der Waals surface area contributed by atoms with Crippen LogP contribution in [-0.4, -0.2) is 30.5 Å². The molecule has 2 heterocycles. The number of amides is 2. The average molecular weight is 422 g/mol. The third kappa shape index (κ3) is 3.80. The molecular weight excluding hydrogens is 398 g/mol. The smallest absolute Gasteiger partial charge is 0.236 e. The van der Waals surface area contributed by atoms with E-state index in [9.17, 15) is 9.59 Å². The molecule has 1 N–H and O–H groups in total. The number of likely N-dealkylation sites (N-methyl/N-ethyl adjacent to an activating group) is 1. The number of nitrogens with zero attached hydrogens (tertiary/aromatic N) is 2. The summed E-state index contributed by atoms with van der Waals surface area (Å²) in [4.78, 5) is 30.9. The molecule has 0 radical (unpaired) electrons. The Hall–Kier alpha value is -3.19. The Bertz CT molecular complexity index is 1090. The lowest BCUT2D eigenvalue weighted by Crippen LogP contribution is -2.33. The topological polar surface area (TPSA) is 71.5 Å². The van der Waals surface area contributed by atoms with Crippen molar-refractivity contribution in [2.24, 2.45) is 0 Å². The van der Waals surface area contributed by atoms with Crippen LogP contribution in [0.1, 0.15) is 25.8 Å². The first-order valence-electron chi connectivity index (χ1n) is 9.72. The lowest BCUT2D eigenvalue weighted by atomic mass is 9.85. The van der Waals surface area contributed by atoms with E-state index in [1.54, 1.807) is 11.9 Å². The SMILES string of the molecule is CN1C(=O)C(C)(C)c2cc(-c3csc(NC(=O)CCOc4ccccc4)n3)ccc21. The first-order valence-corrected chi connectivity index (χ1v) is 10.6. The molecule has 4 rings (SSSR count). The number of anilines is 2. The van der Waals surface area contributed by atoms with Crippen LogP contribution in [0.25, 0.3) is 11.3 Å². The minimum Gasteiger partial charge on any atom is -0.493 e. The van der Waals surface area contributed by atoms with Gasteiger partial charge in [0.05, 0.1) is 24.1 Å². The van der Waals surface area contributed by atoms with Crippen molar-refractivity contribution in [2.45, 2.75) is 25.7 Å². The second-order valence-corrected chi connectivity index (χ2v) is 8.58. The van der Waals surface area contributed by atoms with E-state index in [1.165, 1.54) is 11.3 Å². The number of carbonyl (C=O) groups excluding carboxylic acids is 2. The van der Waals surface area contributed by atoms with Crippen LogP contribution in [0.2, 0.25) is 0 Å². The highest BCUT2D eigenvalue weighted by atomic mass is 32.1. The maximum atomic E-state index is 12.5. The van der Waals surface area contributed by atoms with Crippen molar-refractivity contribution in [2.75, 3.05) is 23.9 Å². The van der Waals surface area contributed by atoms with Crippen molar-refractivity contribution < 1.29 is 14.3 Å². The van der Waals surface area contributed by atoms with Gasteiger partial charge in [-0.1, -0.05) is 24.3 Å². The lowest BCUT2D eigenvalue weighted by molar-refractivity contribution is -0.121. The van der Waals surface area contributed by atoms with Crippen molar-refractivity contribution >= 4 is 34.0 Å². The van der Waals surface area contributed by atoms with Crippen LogP contribution >= 0.6 is 11.3 Å². The van der Waals surface area contributed by atoms with E-state index in [1.807, 2.05) is 67.8 Å². The molecule has 2 aromatic carbocycles. The maximum Gasteiger partial charge on any atom is 0.236 e. The molecule has 0 spiro atoms. The normalized spacial score (nSPS) is 14.5. The van der Waals surface area contributed by atoms with Gasteiger partial charge in [-0.15, -0.1) is 11.3 Å². The van der Waals surface area contributed by atoms with E-state index >= 15 is 0 Å². The van der Waals surface area contributed by atoms with Crippen molar-refractivity contribution in [3.8, 4) is 17.0 Å². The second-order valence-electron chi connectivity index (χ2n) is 7.72. The Morgan fingerprint density at radius 2 is 1.97 bits per heavy atom. The molecule has 0 bridgehead atoms. The fraction of sp³-hybridized carbons (Fsp3) is 0.261. The molecule has 154 valence electrons. The van der Waals surface area contributed by atoms with Crippen molar-refractivity contribution in [1.82, 2.24) is 4.98 Å². The van der Waals surface area contributed by atoms with Crippen LogP contribution in [0.5, 0.6) is 5.75 Å². The second kappa shape index (κ2) is 7.91. The van der Waals surface area contributed by atoms with Gasteiger partial charge in [0.15, 0.2) is 5.13 Å². The van der Waals surface area contributed by atoms with Gasteiger partial charge >= 0.3 is 0 Å². The summed E-state index contributed by atoms with van der Waals surface area (Å²) in [5.41, 5.74) is 3.05. The minimum atomic E-state index is -0.564. The van der Waals surface area contributed by atoms with Gasteiger partial charge < -0.3 is 15.0 Å². The molecule has 0 fully saturated rings. The maximum absolute atomic E-state index is 12.5. The van der Waals surface area contributed by atoms with Crippen LogP contribution in [0.3, 0.4) is 0 Å². The number of carbonyl (C=O) groups is 2. The monoisotopic (exact) mass is 421 g/mol. The van der Waals surface area contributed by atoms with Crippen molar-refractivity contribution in [3.05, 3.63) is 59.5 Å². The van der Waals surface area contributed by atoms with Crippen LogP contribution in [0.4, 0.5) is 10.8 Å². The van der Waals surface area contributed by atoms with Gasteiger partial charge in [-0.3, -0.25) is 9.59 Å². The quantitative estimate of drug-likeness (QED) is 0.637. The van der Waals surface area contributed by atoms with Gasteiger partial charge in [0.2, 0.25) is 11.8 Å². The Kier molecular flexibility index (Phi) is 5.30. The largest absolute Gasteiger partial charge is 0.493 e. The van der Waals surface area contributed by atoms with E-state index in [4.69, 9.17) is 4.74 Å². The Morgan fingerprint density at radius 3 is 2.73 bits per heavy atom. The molecule has 7 heteroatoms. The van der Waals surface area contributed by atoms with E-state index < -0.39 is 5.41 Å². The predicted octanol–water partition coefficient (Wildman–Crippen LogP) is 4.47. The fourth-order valence-corrected chi connectivity index (χ4v) is 4.29. The third-order valence-corrected chi connectivity index (χ3v) is 6.02. The number of nitrogens with one attached hydrogen (secondary N) is 1. The van der Waals surface area contributed by atoms with Crippen LogP contribution in [-0.2, 0) is 15.0 Å². The highest BCUT2D eigenvalue weighted by molar-refractivity contribution is 7.14. The first kappa shape index (κ1) is 20.1. The van der Waals surface area contributed by atoms with Gasteiger partial charge in [-0.25, -0.2) is 4.98 Å². The number of rotatable bonds is 6. The van der Waals surface area contributed by atoms with E-state index in [0.29, 0.717) is 11.7 Å². The number of benzene rings is 2. The molecule has 6 nitrogen and oxygen atoms in total. The van der Waals surface area contributed by atoms with E-state index in [-0.39, 0.29) is 18.2 Å². The van der Waals surface area contributed by atoms with E-state index in [2.05, 4.69) is 10.3 Å².